The van der Waals surface area contributed by atoms with Gasteiger partial charge in [-0.25, -0.2) is 14.2 Å². The van der Waals surface area contributed by atoms with Gasteiger partial charge in [0, 0.05) is 16.1 Å². The van der Waals surface area contributed by atoms with Crippen molar-refractivity contribution in [3.8, 4) is 5.75 Å². The summed E-state index contributed by atoms with van der Waals surface area (Å²) in [4.78, 5) is 15.6. The molecule has 1 aliphatic carbocycles. The fourth-order valence-electron chi connectivity index (χ4n) is 3.70. The number of aromatic nitrogens is 1. The summed E-state index contributed by atoms with van der Waals surface area (Å²) in [5.74, 6) is -0.851. The number of hydrogen-bond acceptors (Lipinski definition) is 3. The minimum absolute atomic E-state index is 0.00442. The zero-order chi connectivity index (χ0) is 22.0. The lowest BCUT2D eigenvalue weighted by Crippen LogP contribution is -2.03. The number of nitrogens with zero attached hydrogens (tertiary/aromatic N) is 1. The van der Waals surface area contributed by atoms with Gasteiger partial charge in [0.2, 0.25) is 0 Å². The van der Waals surface area contributed by atoms with E-state index in [9.17, 15) is 14.3 Å². The van der Waals surface area contributed by atoms with Crippen LogP contribution in [0, 0.1) is 5.82 Å². The summed E-state index contributed by atoms with van der Waals surface area (Å²) in [5.41, 5.74) is 4.15. The Labute approximate surface area is 188 Å². The van der Waals surface area contributed by atoms with Gasteiger partial charge in [0.15, 0.2) is 0 Å². The Hall–Kier alpha value is -2.89. The first kappa shape index (κ1) is 21.3. The molecule has 0 fully saturated rings. The van der Waals surface area contributed by atoms with Crippen molar-refractivity contribution in [2.75, 3.05) is 0 Å². The molecule has 31 heavy (non-hydrogen) atoms. The number of allylic oxidation sites excluding steroid dienone is 2. The molecule has 1 aromatic heterocycles. The second-order valence-corrected chi connectivity index (χ2v) is 8.03. The third kappa shape index (κ3) is 4.73. The van der Waals surface area contributed by atoms with Crippen LogP contribution in [0.5, 0.6) is 5.75 Å². The molecule has 2 aromatic carbocycles. The first-order chi connectivity index (χ1) is 14.9. The number of rotatable bonds is 6. The van der Waals surface area contributed by atoms with Crippen molar-refractivity contribution in [1.82, 2.24) is 4.98 Å². The second-order valence-electron chi connectivity index (χ2n) is 7.19. The van der Waals surface area contributed by atoms with Crippen LogP contribution in [-0.4, -0.2) is 16.1 Å². The number of carbonyl (C=O) groups is 1. The maximum absolute atomic E-state index is 13.3. The quantitative estimate of drug-likeness (QED) is 0.437. The monoisotopic (exact) mass is 457 g/mol. The van der Waals surface area contributed by atoms with Crippen molar-refractivity contribution in [3.63, 3.8) is 0 Å². The molecule has 4 rings (SSSR count). The number of hydrogen-bond donors (Lipinski definition) is 1. The molecule has 158 valence electrons. The average Bonchev–Trinajstić information content (AvgIpc) is 3.23. The smallest absolute Gasteiger partial charge is 0.354 e. The van der Waals surface area contributed by atoms with Crippen LogP contribution in [0.25, 0.3) is 11.1 Å². The van der Waals surface area contributed by atoms with Gasteiger partial charge in [0.25, 0.3) is 0 Å². The van der Waals surface area contributed by atoms with Crippen molar-refractivity contribution < 1.29 is 19.0 Å². The summed E-state index contributed by atoms with van der Waals surface area (Å²) in [6.45, 7) is 0.170. The van der Waals surface area contributed by atoms with Crippen molar-refractivity contribution in [1.29, 1.82) is 0 Å². The topological polar surface area (TPSA) is 59.4 Å². The normalized spacial score (nSPS) is 13.5. The van der Waals surface area contributed by atoms with E-state index in [4.69, 9.17) is 27.9 Å². The molecule has 0 atom stereocenters. The first-order valence-electron chi connectivity index (χ1n) is 9.72. The van der Waals surface area contributed by atoms with E-state index in [1.807, 2.05) is 12.1 Å². The maximum Gasteiger partial charge on any atom is 0.354 e. The van der Waals surface area contributed by atoms with Crippen molar-refractivity contribution >= 4 is 40.3 Å². The van der Waals surface area contributed by atoms with Gasteiger partial charge in [0.1, 0.15) is 23.9 Å². The number of pyridine rings is 1. The van der Waals surface area contributed by atoms with Gasteiger partial charge in [0.05, 0.1) is 10.7 Å². The molecule has 0 saturated carbocycles. The van der Waals surface area contributed by atoms with Gasteiger partial charge in [-0.05, 0) is 72.9 Å². The predicted molar refractivity (Wildman–Crippen MR) is 119 cm³/mol. The first-order valence-corrected chi connectivity index (χ1v) is 10.5. The second kappa shape index (κ2) is 9.08. The van der Waals surface area contributed by atoms with E-state index in [1.54, 1.807) is 24.3 Å². The van der Waals surface area contributed by atoms with Crippen LogP contribution in [0.2, 0.25) is 10.0 Å². The molecule has 4 nitrogen and oxygen atoms in total. The zero-order valence-electron chi connectivity index (χ0n) is 16.4. The van der Waals surface area contributed by atoms with Crippen LogP contribution < -0.4 is 4.74 Å². The fraction of sp³-hybridized carbons (Fsp3) is 0.167. The average molecular weight is 458 g/mol. The Morgan fingerprint density at radius 3 is 2.65 bits per heavy atom. The Balaban J connectivity index is 1.71. The minimum atomic E-state index is -1.06. The summed E-state index contributed by atoms with van der Waals surface area (Å²) in [6.07, 6.45) is 2.49. The Bertz CT molecular complexity index is 1190. The van der Waals surface area contributed by atoms with Crippen LogP contribution in [0.15, 0.2) is 54.6 Å². The molecule has 0 amide bonds. The van der Waals surface area contributed by atoms with E-state index in [1.165, 1.54) is 18.2 Å². The molecular weight excluding hydrogens is 440 g/mol. The Kier molecular flexibility index (Phi) is 6.25. The Morgan fingerprint density at radius 2 is 1.87 bits per heavy atom. The zero-order valence-corrected chi connectivity index (χ0v) is 17.9. The highest BCUT2D eigenvalue weighted by molar-refractivity contribution is 6.31. The number of ether oxygens (including phenoxy) is 1. The highest BCUT2D eigenvalue weighted by atomic mass is 35.5. The lowest BCUT2D eigenvalue weighted by molar-refractivity contribution is 0.0690. The fourth-order valence-corrected chi connectivity index (χ4v) is 4.10. The van der Waals surface area contributed by atoms with Crippen LogP contribution in [-0.2, 0) is 6.61 Å². The molecular formula is C24H18Cl2FNO3. The highest BCUT2D eigenvalue weighted by Gasteiger charge is 2.22. The minimum Gasteiger partial charge on any atom is -0.488 e. The maximum atomic E-state index is 13.3. The molecule has 0 radical (unpaired) electrons. The number of halogens is 3. The number of aromatic carboxylic acids is 1. The van der Waals surface area contributed by atoms with Gasteiger partial charge < -0.3 is 9.84 Å². The van der Waals surface area contributed by atoms with E-state index in [0.29, 0.717) is 27.1 Å². The molecule has 7 heteroatoms. The molecule has 0 spiro atoms. The van der Waals surface area contributed by atoms with Gasteiger partial charge >= 0.3 is 5.97 Å². The van der Waals surface area contributed by atoms with E-state index in [0.717, 1.165) is 36.0 Å². The van der Waals surface area contributed by atoms with Crippen molar-refractivity contribution in [2.45, 2.75) is 25.9 Å². The molecule has 0 saturated heterocycles. The SMILES string of the molecule is O=C(O)c1cccc(C2=C(c3cc(Cl)ccc3OCc3ccc(F)cc3Cl)CCC2)n1. The molecule has 1 N–H and O–H groups in total. The number of carboxylic acids is 1. The van der Waals surface area contributed by atoms with Gasteiger partial charge in [-0.15, -0.1) is 0 Å². The van der Waals surface area contributed by atoms with E-state index in [-0.39, 0.29) is 12.3 Å². The third-order valence-corrected chi connectivity index (χ3v) is 5.75. The van der Waals surface area contributed by atoms with Gasteiger partial charge in [-0.1, -0.05) is 35.3 Å². The van der Waals surface area contributed by atoms with Crippen LogP contribution in [0.1, 0.15) is 46.6 Å². The summed E-state index contributed by atoms with van der Waals surface area (Å²) < 4.78 is 19.4. The predicted octanol–water partition coefficient (Wildman–Crippen LogP) is 6.90. The third-order valence-electron chi connectivity index (χ3n) is 5.16. The van der Waals surface area contributed by atoms with E-state index in [2.05, 4.69) is 4.98 Å². The van der Waals surface area contributed by atoms with Gasteiger partial charge in [-0.2, -0.15) is 0 Å². The van der Waals surface area contributed by atoms with Crippen LogP contribution in [0.3, 0.4) is 0 Å². The molecule has 0 aliphatic heterocycles. The summed E-state index contributed by atoms with van der Waals surface area (Å²) in [7, 11) is 0. The van der Waals surface area contributed by atoms with Crippen LogP contribution in [0.4, 0.5) is 4.39 Å². The van der Waals surface area contributed by atoms with Gasteiger partial charge in [-0.3, -0.25) is 0 Å². The summed E-state index contributed by atoms with van der Waals surface area (Å²) in [5, 5.41) is 10.1. The largest absolute Gasteiger partial charge is 0.488 e. The van der Waals surface area contributed by atoms with E-state index < -0.39 is 11.8 Å². The lowest BCUT2D eigenvalue weighted by atomic mass is 9.99. The van der Waals surface area contributed by atoms with Crippen molar-refractivity contribution in [3.05, 3.63) is 93.0 Å². The molecule has 3 aromatic rings. The van der Waals surface area contributed by atoms with E-state index >= 15 is 0 Å². The van der Waals surface area contributed by atoms with Crippen molar-refractivity contribution in [2.24, 2.45) is 0 Å². The molecule has 1 heterocycles. The molecule has 0 unspecified atom stereocenters. The standard InChI is InChI=1S/C24H18Cl2FNO3/c25-15-8-10-23(31-13-14-7-9-16(27)12-20(14)26)19(11-15)17-3-1-4-18(17)21-5-2-6-22(28-21)24(29)30/h2,5-12H,1,3-4,13H2,(H,29,30). The highest BCUT2D eigenvalue weighted by Crippen LogP contribution is 2.43. The number of carboxylic acid groups (broad SMARTS) is 1. The number of benzene rings is 2. The van der Waals surface area contributed by atoms with Crippen LogP contribution >= 0.6 is 23.2 Å². The Morgan fingerprint density at radius 1 is 1.06 bits per heavy atom. The molecule has 0 bridgehead atoms. The summed E-state index contributed by atoms with van der Waals surface area (Å²) in [6, 6.07) is 14.5. The summed E-state index contributed by atoms with van der Waals surface area (Å²) >= 11 is 12.4. The molecule has 1 aliphatic rings. The lowest BCUT2D eigenvalue weighted by Gasteiger charge is -2.15.